The third-order valence-electron chi connectivity index (χ3n) is 3.55. The van der Waals surface area contributed by atoms with Gasteiger partial charge in [0, 0.05) is 12.8 Å². The summed E-state index contributed by atoms with van der Waals surface area (Å²) in [5, 5.41) is 12.7. The minimum atomic E-state index is -1.32. The van der Waals surface area contributed by atoms with Gasteiger partial charge in [-0.05, 0) is 12.1 Å². The quantitative estimate of drug-likeness (QED) is 0.623. The van der Waals surface area contributed by atoms with Crippen LogP contribution in [0.4, 0.5) is 0 Å². The molecule has 2 N–H and O–H groups in total. The summed E-state index contributed by atoms with van der Waals surface area (Å²) in [4.78, 5) is 23.8. The summed E-state index contributed by atoms with van der Waals surface area (Å²) in [6.45, 7) is 3.30. The SMILES string of the molecule is O=C([O-])CNC(=O)c1ccccc1OCC[NH+]1CCCC1. The van der Waals surface area contributed by atoms with E-state index in [2.05, 4.69) is 5.32 Å². The molecule has 1 aliphatic rings. The first kappa shape index (κ1) is 15.3. The molecule has 1 heterocycles. The van der Waals surface area contributed by atoms with Crippen molar-refractivity contribution in [1.82, 2.24) is 5.32 Å². The van der Waals surface area contributed by atoms with Crippen LogP contribution in [0, 0.1) is 0 Å². The number of likely N-dealkylation sites (tertiary alicyclic amines) is 1. The zero-order chi connectivity index (χ0) is 15.1. The molecule has 21 heavy (non-hydrogen) atoms. The molecule has 6 nitrogen and oxygen atoms in total. The van der Waals surface area contributed by atoms with Crippen LogP contribution in [0.15, 0.2) is 24.3 Å². The average Bonchev–Trinajstić information content (AvgIpc) is 2.98. The summed E-state index contributed by atoms with van der Waals surface area (Å²) in [7, 11) is 0. The number of para-hydroxylation sites is 1. The van der Waals surface area contributed by atoms with Crippen LogP contribution >= 0.6 is 0 Å². The largest absolute Gasteiger partial charge is 0.548 e. The lowest BCUT2D eigenvalue weighted by molar-refractivity contribution is -0.887. The van der Waals surface area contributed by atoms with Gasteiger partial charge in [0.15, 0.2) is 0 Å². The monoisotopic (exact) mass is 292 g/mol. The molecule has 1 saturated heterocycles. The van der Waals surface area contributed by atoms with Crippen molar-refractivity contribution in [2.24, 2.45) is 0 Å². The number of ether oxygens (including phenoxy) is 1. The summed E-state index contributed by atoms with van der Waals surface area (Å²) in [5.74, 6) is -1.31. The summed E-state index contributed by atoms with van der Waals surface area (Å²) >= 11 is 0. The minimum absolute atomic E-state index is 0.343. The van der Waals surface area contributed by atoms with Gasteiger partial charge in [0.2, 0.25) is 0 Å². The van der Waals surface area contributed by atoms with Crippen molar-refractivity contribution >= 4 is 11.9 Å². The lowest BCUT2D eigenvalue weighted by atomic mass is 10.2. The Balaban J connectivity index is 1.89. The molecule has 0 bridgehead atoms. The molecule has 6 heteroatoms. The normalized spacial score (nSPS) is 14.9. The van der Waals surface area contributed by atoms with Crippen molar-refractivity contribution in [2.45, 2.75) is 12.8 Å². The number of carbonyl (C=O) groups is 2. The summed E-state index contributed by atoms with van der Waals surface area (Å²) < 4.78 is 5.68. The van der Waals surface area contributed by atoms with E-state index in [4.69, 9.17) is 4.74 Å². The molecule has 0 radical (unpaired) electrons. The lowest BCUT2D eigenvalue weighted by Gasteiger charge is -2.14. The average molecular weight is 292 g/mol. The number of hydrogen-bond acceptors (Lipinski definition) is 4. The number of rotatable bonds is 7. The number of hydrogen-bond donors (Lipinski definition) is 2. The number of carbonyl (C=O) groups excluding carboxylic acids is 2. The van der Waals surface area contributed by atoms with Crippen molar-refractivity contribution in [2.75, 3.05) is 32.8 Å². The molecule has 1 aromatic rings. The molecule has 1 aliphatic heterocycles. The maximum absolute atomic E-state index is 11.9. The molecule has 0 spiro atoms. The Morgan fingerprint density at radius 1 is 1.24 bits per heavy atom. The van der Waals surface area contributed by atoms with Gasteiger partial charge in [-0.15, -0.1) is 0 Å². The van der Waals surface area contributed by atoms with E-state index < -0.39 is 18.4 Å². The van der Waals surface area contributed by atoms with Crippen LogP contribution in [-0.4, -0.2) is 44.7 Å². The number of benzene rings is 1. The molecular formula is C15H20N2O4. The highest BCUT2D eigenvalue weighted by atomic mass is 16.5. The number of aliphatic carboxylic acids is 1. The predicted octanol–water partition coefficient (Wildman–Crippen LogP) is -1.78. The molecule has 2 rings (SSSR count). The van der Waals surface area contributed by atoms with Crippen molar-refractivity contribution < 1.29 is 24.3 Å². The number of quaternary nitrogens is 1. The Hall–Kier alpha value is -2.08. The van der Waals surface area contributed by atoms with Gasteiger partial charge in [0.05, 0.1) is 31.2 Å². The summed E-state index contributed by atoms with van der Waals surface area (Å²) in [6, 6.07) is 6.83. The Bertz CT molecular complexity index is 498. The number of carboxylic acids is 1. The van der Waals surface area contributed by atoms with Gasteiger partial charge in [0.25, 0.3) is 5.91 Å². The standard InChI is InChI=1S/C15H20N2O4/c18-14(19)11-16-15(20)12-5-1-2-6-13(12)21-10-9-17-7-3-4-8-17/h1-2,5-6H,3-4,7-11H2,(H,16,20)(H,18,19). The molecule has 0 saturated carbocycles. The van der Waals surface area contributed by atoms with Gasteiger partial charge >= 0.3 is 0 Å². The van der Waals surface area contributed by atoms with E-state index in [-0.39, 0.29) is 0 Å². The first-order valence-corrected chi connectivity index (χ1v) is 7.20. The molecule has 1 fully saturated rings. The van der Waals surface area contributed by atoms with Gasteiger partial charge in [0.1, 0.15) is 18.9 Å². The molecule has 0 unspecified atom stereocenters. The van der Waals surface area contributed by atoms with E-state index in [1.807, 2.05) is 0 Å². The zero-order valence-corrected chi connectivity index (χ0v) is 11.9. The van der Waals surface area contributed by atoms with Gasteiger partial charge in [-0.25, -0.2) is 0 Å². The molecule has 1 amide bonds. The molecular weight excluding hydrogens is 272 g/mol. The highest BCUT2D eigenvalue weighted by Crippen LogP contribution is 2.17. The van der Waals surface area contributed by atoms with E-state index in [1.165, 1.54) is 30.8 Å². The maximum Gasteiger partial charge on any atom is 0.255 e. The summed E-state index contributed by atoms with van der Waals surface area (Å²) in [5.41, 5.74) is 0.343. The molecule has 114 valence electrons. The number of nitrogens with one attached hydrogen (secondary N) is 2. The molecule has 0 atom stereocenters. The Kier molecular flexibility index (Phi) is 5.57. The minimum Gasteiger partial charge on any atom is -0.548 e. The highest BCUT2D eigenvalue weighted by Gasteiger charge is 2.16. The fourth-order valence-corrected chi connectivity index (χ4v) is 2.46. The molecule has 1 aromatic carbocycles. The maximum atomic E-state index is 11.9. The van der Waals surface area contributed by atoms with Gasteiger partial charge in [-0.3, -0.25) is 4.79 Å². The third kappa shape index (κ3) is 4.75. The van der Waals surface area contributed by atoms with E-state index in [9.17, 15) is 14.7 Å². The van der Waals surface area contributed by atoms with E-state index in [1.54, 1.807) is 24.3 Å². The smallest absolute Gasteiger partial charge is 0.255 e. The summed E-state index contributed by atoms with van der Waals surface area (Å²) in [6.07, 6.45) is 2.52. The van der Waals surface area contributed by atoms with Crippen LogP contribution in [0.2, 0.25) is 0 Å². The molecule has 0 aromatic heterocycles. The second-order valence-electron chi connectivity index (χ2n) is 5.11. The Labute approximate surface area is 123 Å². The van der Waals surface area contributed by atoms with Crippen molar-refractivity contribution in [1.29, 1.82) is 0 Å². The topological polar surface area (TPSA) is 82.9 Å². The molecule has 0 aliphatic carbocycles. The third-order valence-corrected chi connectivity index (χ3v) is 3.55. The van der Waals surface area contributed by atoms with Crippen LogP contribution in [0.3, 0.4) is 0 Å². The van der Waals surface area contributed by atoms with Crippen LogP contribution in [0.25, 0.3) is 0 Å². The zero-order valence-electron chi connectivity index (χ0n) is 11.9. The van der Waals surface area contributed by atoms with E-state index >= 15 is 0 Å². The van der Waals surface area contributed by atoms with Gasteiger partial charge in [-0.2, -0.15) is 0 Å². The van der Waals surface area contributed by atoms with Gasteiger partial charge in [-0.1, -0.05) is 12.1 Å². The number of amides is 1. The Morgan fingerprint density at radius 3 is 2.67 bits per heavy atom. The van der Waals surface area contributed by atoms with Crippen molar-refractivity contribution in [3.05, 3.63) is 29.8 Å². The van der Waals surface area contributed by atoms with Crippen LogP contribution in [-0.2, 0) is 4.79 Å². The van der Waals surface area contributed by atoms with Crippen LogP contribution in [0.1, 0.15) is 23.2 Å². The lowest BCUT2D eigenvalue weighted by Crippen LogP contribution is -3.10. The van der Waals surface area contributed by atoms with E-state index in [0.29, 0.717) is 17.9 Å². The predicted molar refractivity (Wildman–Crippen MR) is 74.1 cm³/mol. The second kappa shape index (κ2) is 7.64. The van der Waals surface area contributed by atoms with Crippen molar-refractivity contribution in [3.8, 4) is 5.75 Å². The fourth-order valence-electron chi connectivity index (χ4n) is 2.46. The van der Waals surface area contributed by atoms with Crippen LogP contribution < -0.4 is 20.1 Å². The van der Waals surface area contributed by atoms with Gasteiger partial charge < -0.3 is 24.9 Å². The highest BCUT2D eigenvalue weighted by molar-refractivity contribution is 5.98. The van der Waals surface area contributed by atoms with Crippen molar-refractivity contribution in [3.63, 3.8) is 0 Å². The second-order valence-corrected chi connectivity index (χ2v) is 5.11. The Morgan fingerprint density at radius 2 is 1.95 bits per heavy atom. The first-order chi connectivity index (χ1) is 10.2. The fraction of sp³-hybridized carbons (Fsp3) is 0.467. The number of carboxylic acid groups (broad SMARTS) is 1. The van der Waals surface area contributed by atoms with E-state index in [0.717, 1.165) is 6.54 Å². The first-order valence-electron chi connectivity index (χ1n) is 7.20. The van der Waals surface area contributed by atoms with Crippen LogP contribution in [0.5, 0.6) is 5.75 Å².